The van der Waals surface area contributed by atoms with E-state index in [9.17, 15) is 9.59 Å². The van der Waals surface area contributed by atoms with Crippen LogP contribution in [0.5, 0.6) is 5.75 Å². The van der Waals surface area contributed by atoms with Crippen LogP contribution in [0.4, 0.5) is 10.5 Å². The van der Waals surface area contributed by atoms with Gasteiger partial charge in [0.05, 0.1) is 7.11 Å². The highest BCUT2D eigenvalue weighted by Crippen LogP contribution is 2.32. The third-order valence-electron chi connectivity index (χ3n) is 5.01. The molecule has 2 aliphatic rings. The van der Waals surface area contributed by atoms with E-state index in [-0.39, 0.29) is 18.3 Å². The topological polar surface area (TPSA) is 88.5 Å². The van der Waals surface area contributed by atoms with Crippen LogP contribution in [-0.2, 0) is 11.3 Å². The Morgan fingerprint density at radius 2 is 2.00 bits per heavy atom. The molecule has 0 radical (unpaired) electrons. The lowest BCUT2D eigenvalue weighted by molar-refractivity contribution is -0.448. The molecule has 3 aromatic rings. The number of amides is 3. The quantitative estimate of drug-likeness (QED) is 0.569. The monoisotopic (exact) mass is 433 g/mol. The lowest BCUT2D eigenvalue weighted by Crippen LogP contribution is -2.55. The van der Waals surface area contributed by atoms with Crippen molar-refractivity contribution in [3.05, 3.63) is 72.0 Å². The highest BCUT2D eigenvalue weighted by atomic mass is 32.2. The summed E-state index contributed by atoms with van der Waals surface area (Å²) in [6.45, 7) is 0.0587. The first-order chi connectivity index (χ1) is 15.2. The minimum Gasteiger partial charge on any atom is -0.497 e. The van der Waals surface area contributed by atoms with Crippen molar-refractivity contribution < 1.29 is 23.4 Å². The number of methoxy groups -OCH3 is 1. The molecule has 1 unspecified atom stereocenters. The summed E-state index contributed by atoms with van der Waals surface area (Å²) in [4.78, 5) is 32.1. The van der Waals surface area contributed by atoms with Crippen LogP contribution < -0.4 is 9.64 Å². The average molecular weight is 433 g/mol. The molecule has 0 aliphatic carbocycles. The zero-order valence-electron chi connectivity index (χ0n) is 16.5. The summed E-state index contributed by atoms with van der Waals surface area (Å²) >= 11 is 1.36. The lowest BCUT2D eigenvalue weighted by Gasteiger charge is -2.23. The molecule has 5 rings (SSSR count). The standard InChI is InChI=1S/C22H17N4O4S/c1-29-16-9-5-8-15(12-16)26-21(27)19-17(10-11-31-19)25(22(26)28)13-18-23-20(24-30-18)14-6-3-2-4-7-14/h2-12,19H,13H2,1H3/q+1. The summed E-state index contributed by atoms with van der Waals surface area (Å²) in [7, 11) is 1.54. The summed E-state index contributed by atoms with van der Waals surface area (Å²) < 4.78 is 12.2. The van der Waals surface area contributed by atoms with E-state index < -0.39 is 11.3 Å². The Balaban J connectivity index is 1.50. The number of fused-ring (bicyclic) bond motifs is 1. The van der Waals surface area contributed by atoms with E-state index in [1.54, 1.807) is 30.3 Å². The highest BCUT2D eigenvalue weighted by molar-refractivity contribution is 8.04. The van der Waals surface area contributed by atoms with E-state index in [0.29, 0.717) is 23.0 Å². The molecular formula is C22H17N4O4S+. The Morgan fingerprint density at radius 3 is 2.81 bits per heavy atom. The van der Waals surface area contributed by atoms with Crippen LogP contribution in [0.15, 0.2) is 70.6 Å². The lowest BCUT2D eigenvalue weighted by atomic mass is 10.1. The zero-order chi connectivity index (χ0) is 21.4. The van der Waals surface area contributed by atoms with Crippen LogP contribution in [-0.4, -0.2) is 44.7 Å². The molecule has 9 heteroatoms. The second-order valence-electron chi connectivity index (χ2n) is 6.87. The number of rotatable bonds is 5. The Hall–Kier alpha value is -3.72. The van der Waals surface area contributed by atoms with Gasteiger partial charge in [-0.05, 0) is 23.6 Å². The van der Waals surface area contributed by atoms with Crippen LogP contribution >= 0.6 is 11.8 Å². The summed E-state index contributed by atoms with van der Waals surface area (Å²) in [5, 5.41) is 5.33. The normalized spacial score (nSPS) is 18.0. The summed E-state index contributed by atoms with van der Waals surface area (Å²) in [6.07, 6.45) is 1.78. The van der Waals surface area contributed by atoms with Gasteiger partial charge in [0.25, 0.3) is 5.89 Å². The van der Waals surface area contributed by atoms with Gasteiger partial charge >= 0.3 is 11.9 Å². The van der Waals surface area contributed by atoms with Crippen LogP contribution in [0, 0.1) is 0 Å². The fraction of sp³-hybridized carbons (Fsp3) is 0.136. The van der Waals surface area contributed by atoms with Gasteiger partial charge in [-0.2, -0.15) is 14.4 Å². The maximum atomic E-state index is 13.4. The molecule has 0 saturated carbocycles. The average Bonchev–Trinajstić information content (AvgIpc) is 3.48. The van der Waals surface area contributed by atoms with Crippen LogP contribution in [0.25, 0.3) is 11.4 Å². The Kier molecular flexibility index (Phi) is 4.87. The number of anilines is 1. The number of carbonyl (C=O) groups excluding carboxylic acids is 2. The first-order valence-corrected chi connectivity index (χ1v) is 10.5. The van der Waals surface area contributed by atoms with Crippen molar-refractivity contribution in [3.8, 4) is 17.1 Å². The van der Waals surface area contributed by atoms with Crippen molar-refractivity contribution in [1.82, 2.24) is 10.1 Å². The van der Waals surface area contributed by atoms with Crippen molar-refractivity contribution in [1.29, 1.82) is 0 Å². The first-order valence-electron chi connectivity index (χ1n) is 9.52. The molecule has 3 amide bonds. The molecule has 0 bridgehead atoms. The van der Waals surface area contributed by atoms with E-state index in [2.05, 4.69) is 10.1 Å². The van der Waals surface area contributed by atoms with Crippen molar-refractivity contribution >= 4 is 35.1 Å². The summed E-state index contributed by atoms with van der Waals surface area (Å²) in [5.41, 5.74) is 1.87. The predicted octanol–water partition coefficient (Wildman–Crippen LogP) is 3.49. The fourth-order valence-electron chi connectivity index (χ4n) is 3.51. The molecule has 1 aromatic heterocycles. The second-order valence-corrected chi connectivity index (χ2v) is 7.88. The molecule has 2 aliphatic heterocycles. The molecule has 3 heterocycles. The number of carbonyl (C=O) groups is 2. The number of aromatic nitrogens is 2. The van der Waals surface area contributed by atoms with E-state index in [4.69, 9.17) is 9.26 Å². The number of allylic oxidation sites excluding steroid dienone is 1. The van der Waals surface area contributed by atoms with E-state index in [0.717, 1.165) is 5.56 Å². The van der Waals surface area contributed by atoms with Gasteiger partial charge in [-0.25, -0.2) is 4.79 Å². The Labute approximate surface area is 181 Å². The zero-order valence-corrected chi connectivity index (χ0v) is 17.3. The van der Waals surface area contributed by atoms with Crippen LogP contribution in [0.1, 0.15) is 5.89 Å². The van der Waals surface area contributed by atoms with Gasteiger partial charge in [0.1, 0.15) is 17.1 Å². The Morgan fingerprint density at radius 1 is 1.16 bits per heavy atom. The number of hydrogen-bond donors (Lipinski definition) is 0. The number of benzene rings is 2. The molecule has 0 N–H and O–H groups in total. The highest BCUT2D eigenvalue weighted by Gasteiger charge is 2.50. The predicted molar refractivity (Wildman–Crippen MR) is 115 cm³/mol. The Bertz CT molecular complexity index is 1240. The van der Waals surface area contributed by atoms with Crippen LogP contribution in [0.3, 0.4) is 0 Å². The molecule has 1 atom stereocenters. The van der Waals surface area contributed by atoms with Crippen molar-refractivity contribution in [2.75, 3.05) is 12.0 Å². The van der Waals surface area contributed by atoms with Gasteiger partial charge < -0.3 is 9.26 Å². The van der Waals surface area contributed by atoms with E-state index in [1.165, 1.54) is 28.3 Å². The largest absolute Gasteiger partial charge is 0.506 e. The SMILES string of the molecule is COc1cccc(N2C(=O)C3SC=CC3=[N+](Cc3nc(-c4ccccc4)no3)C2=O)c1. The third kappa shape index (κ3) is 3.42. The van der Waals surface area contributed by atoms with Gasteiger partial charge in [0.2, 0.25) is 5.82 Å². The van der Waals surface area contributed by atoms with Crippen molar-refractivity contribution in [3.63, 3.8) is 0 Å². The number of nitrogens with zero attached hydrogens (tertiary/aromatic N) is 4. The fourth-order valence-corrected chi connectivity index (χ4v) is 4.45. The summed E-state index contributed by atoms with van der Waals surface area (Å²) in [5.74, 6) is 0.985. The first kappa shape index (κ1) is 19.3. The molecule has 0 spiro atoms. The number of thioether (sulfide) groups is 1. The van der Waals surface area contributed by atoms with Gasteiger partial charge in [0, 0.05) is 11.6 Å². The molecular weight excluding hydrogens is 416 g/mol. The van der Waals surface area contributed by atoms with E-state index in [1.807, 2.05) is 35.7 Å². The molecule has 0 fully saturated rings. The van der Waals surface area contributed by atoms with Crippen LogP contribution in [0.2, 0.25) is 0 Å². The van der Waals surface area contributed by atoms with Gasteiger partial charge in [0.15, 0.2) is 11.8 Å². The van der Waals surface area contributed by atoms with Crippen molar-refractivity contribution in [2.45, 2.75) is 11.8 Å². The minimum absolute atomic E-state index is 0.0587. The van der Waals surface area contributed by atoms with Crippen molar-refractivity contribution in [2.24, 2.45) is 0 Å². The maximum Gasteiger partial charge on any atom is 0.506 e. The number of urea groups is 1. The molecule has 2 aromatic carbocycles. The molecule has 31 heavy (non-hydrogen) atoms. The number of imide groups is 1. The number of hydrogen-bond acceptors (Lipinski definition) is 7. The third-order valence-corrected chi connectivity index (χ3v) is 6.01. The smallest absolute Gasteiger partial charge is 0.497 e. The second kappa shape index (κ2) is 7.84. The van der Waals surface area contributed by atoms with Gasteiger partial charge in [-0.3, -0.25) is 0 Å². The maximum absolute atomic E-state index is 13.4. The van der Waals surface area contributed by atoms with Gasteiger partial charge in [-0.1, -0.05) is 41.6 Å². The van der Waals surface area contributed by atoms with E-state index >= 15 is 0 Å². The summed E-state index contributed by atoms with van der Waals surface area (Å²) in [6, 6.07) is 15.8. The number of ether oxygens (including phenoxy) is 1. The molecule has 8 nitrogen and oxygen atoms in total. The van der Waals surface area contributed by atoms with Gasteiger partial charge in [-0.15, -0.1) is 16.7 Å². The molecule has 154 valence electrons. The molecule has 0 saturated heterocycles. The minimum atomic E-state index is -0.514.